The van der Waals surface area contributed by atoms with Crippen LogP contribution < -0.4 is 0 Å². The van der Waals surface area contributed by atoms with Gasteiger partial charge in [0.1, 0.15) is 18.3 Å². The topological polar surface area (TPSA) is 17.1 Å². The molecular weight excluding hydrogens is 228 g/mol. The molecule has 0 radical (unpaired) electrons. The lowest BCUT2D eigenvalue weighted by Crippen LogP contribution is -2.07. The van der Waals surface area contributed by atoms with Crippen LogP contribution in [0.25, 0.3) is 11.1 Å². The van der Waals surface area contributed by atoms with Crippen LogP contribution in [-0.2, 0) is 19.9 Å². The molecule has 0 N–H and O–H groups in total. The quantitative estimate of drug-likeness (QED) is 0.755. The molecule has 88 valence electrons. The largest absolute Gasteiger partial charge is 0.136 e. The molecule has 17 heavy (non-hydrogen) atoms. The Kier molecular flexibility index (Phi) is 3.43. The van der Waals surface area contributed by atoms with E-state index in [0.717, 1.165) is 5.56 Å². The molecule has 0 aliphatic heterocycles. The van der Waals surface area contributed by atoms with Crippen molar-refractivity contribution in [1.29, 1.82) is 0 Å². The van der Waals surface area contributed by atoms with Crippen molar-refractivity contribution in [3.8, 4) is 11.1 Å². The first-order chi connectivity index (χ1) is 8.04. The summed E-state index contributed by atoms with van der Waals surface area (Å²) in [5.74, 6) is 0.655. The third kappa shape index (κ3) is 3.53. The van der Waals surface area contributed by atoms with Gasteiger partial charge < -0.3 is 0 Å². The molecule has 2 aromatic rings. The lowest BCUT2D eigenvalue weighted by atomic mass is 10.0. The average molecular weight is 245 g/mol. The van der Waals surface area contributed by atoms with Gasteiger partial charge in [0.05, 0.1) is 9.93 Å². The third-order valence-corrected chi connectivity index (χ3v) is 3.60. The van der Waals surface area contributed by atoms with E-state index in [-0.39, 0.29) is 0 Å². The van der Waals surface area contributed by atoms with Crippen LogP contribution in [0.2, 0.25) is 0 Å². The summed E-state index contributed by atoms with van der Waals surface area (Å²) < 4.78 is 11.7. The van der Waals surface area contributed by atoms with Gasteiger partial charge in [-0.1, -0.05) is 54.6 Å². The molecule has 2 aromatic carbocycles. The Bertz CT molecular complexity index is 523. The van der Waals surface area contributed by atoms with Gasteiger partial charge in [-0.3, -0.25) is 0 Å². The summed E-state index contributed by atoms with van der Waals surface area (Å²) in [5, 5.41) is 0. The van der Waals surface area contributed by atoms with Gasteiger partial charge >= 0.3 is 0 Å². The molecule has 0 amide bonds. The lowest BCUT2D eigenvalue weighted by molar-refractivity contribution is 0.590. The molecule has 0 heterocycles. The van der Waals surface area contributed by atoms with Crippen molar-refractivity contribution < 1.29 is 4.21 Å². The zero-order valence-corrected chi connectivity index (χ0v) is 11.0. The maximum absolute atomic E-state index is 11.7. The fraction of sp³-hybridized carbons (Fsp3) is 0.200. The number of hydrogen-bond donors (Lipinski definition) is 0. The number of rotatable bonds is 3. The molecule has 0 saturated heterocycles. The van der Waals surface area contributed by atoms with E-state index >= 15 is 0 Å². The average Bonchev–Trinajstić information content (AvgIpc) is 2.29. The fourth-order valence-corrected chi connectivity index (χ4v) is 2.82. The Hall–Kier alpha value is -1.41. The summed E-state index contributed by atoms with van der Waals surface area (Å²) >= 11 is 0. The minimum atomic E-state index is -1.70. The molecule has 1 nitrogen and oxygen atoms in total. The predicted octanol–water partition coefficient (Wildman–Crippen LogP) is 3.61. The van der Waals surface area contributed by atoms with Crippen molar-refractivity contribution in [2.45, 2.75) is 5.75 Å². The molecule has 0 spiro atoms. The van der Waals surface area contributed by atoms with Crippen LogP contribution in [0.4, 0.5) is 0 Å². The summed E-state index contributed by atoms with van der Waals surface area (Å²) in [5.41, 5.74) is 3.56. The van der Waals surface area contributed by atoms with E-state index in [4.69, 9.17) is 0 Å². The molecular formula is C15H17OS+. The molecule has 0 aliphatic rings. The third-order valence-electron chi connectivity index (χ3n) is 2.58. The van der Waals surface area contributed by atoms with E-state index in [1.807, 2.05) is 18.2 Å². The van der Waals surface area contributed by atoms with Crippen molar-refractivity contribution in [2.75, 3.05) is 12.5 Å². The van der Waals surface area contributed by atoms with Crippen molar-refractivity contribution >= 4 is 9.93 Å². The maximum atomic E-state index is 11.7. The van der Waals surface area contributed by atoms with Gasteiger partial charge in [-0.15, -0.1) is 4.21 Å². The number of hydrogen-bond acceptors (Lipinski definition) is 1. The highest BCUT2D eigenvalue weighted by molar-refractivity contribution is 8.00. The minimum absolute atomic E-state index is 0.655. The van der Waals surface area contributed by atoms with Crippen LogP contribution in [0.5, 0.6) is 0 Å². The van der Waals surface area contributed by atoms with Crippen LogP contribution >= 0.6 is 0 Å². The summed E-state index contributed by atoms with van der Waals surface area (Å²) in [6, 6.07) is 18.6. The first-order valence-corrected chi connectivity index (χ1v) is 8.15. The number of benzene rings is 2. The van der Waals surface area contributed by atoms with Crippen molar-refractivity contribution in [3.05, 3.63) is 60.2 Å². The van der Waals surface area contributed by atoms with Crippen LogP contribution in [-0.4, -0.2) is 12.5 Å². The van der Waals surface area contributed by atoms with Crippen LogP contribution in [0, 0.1) is 0 Å². The summed E-state index contributed by atoms with van der Waals surface area (Å²) in [4.78, 5) is 0. The Morgan fingerprint density at radius 1 is 0.824 bits per heavy atom. The predicted molar refractivity (Wildman–Crippen MR) is 75.5 cm³/mol. The molecule has 0 atom stereocenters. The normalized spacial score (nSPS) is 11.4. The molecule has 0 aliphatic carbocycles. The van der Waals surface area contributed by atoms with Gasteiger partial charge in [-0.25, -0.2) is 0 Å². The van der Waals surface area contributed by atoms with E-state index in [1.165, 1.54) is 11.1 Å². The van der Waals surface area contributed by atoms with Gasteiger partial charge in [0.2, 0.25) is 0 Å². The van der Waals surface area contributed by atoms with Gasteiger partial charge in [0, 0.05) is 5.56 Å². The molecule has 0 unspecified atom stereocenters. The lowest BCUT2D eigenvalue weighted by Gasteiger charge is -2.04. The van der Waals surface area contributed by atoms with Crippen LogP contribution in [0.15, 0.2) is 54.6 Å². The standard InChI is InChI=1S/C15H17OS/c1-17(2,16)12-13-8-10-15(11-9-13)14-6-4-3-5-7-14/h3-11H,12H2,1-2H3/q+1. The van der Waals surface area contributed by atoms with E-state index in [1.54, 1.807) is 12.5 Å². The molecule has 2 heteroatoms. The first-order valence-electron chi connectivity index (χ1n) is 5.61. The summed E-state index contributed by atoms with van der Waals surface area (Å²) in [6.45, 7) is 0. The Labute approximate surface area is 104 Å². The molecule has 2 rings (SSSR count). The Morgan fingerprint density at radius 2 is 1.35 bits per heavy atom. The second-order valence-electron chi connectivity index (χ2n) is 4.64. The maximum Gasteiger partial charge on any atom is 0.136 e. The van der Waals surface area contributed by atoms with E-state index in [2.05, 4.69) is 36.4 Å². The Morgan fingerprint density at radius 3 is 1.88 bits per heavy atom. The zero-order chi connectivity index (χ0) is 12.3. The molecule has 0 aromatic heterocycles. The van der Waals surface area contributed by atoms with Gasteiger partial charge in [-0.2, -0.15) is 0 Å². The minimum Gasteiger partial charge on any atom is -0.106 e. The summed E-state index contributed by atoms with van der Waals surface area (Å²) in [6.07, 6.45) is 3.61. The zero-order valence-electron chi connectivity index (χ0n) is 10.2. The van der Waals surface area contributed by atoms with Crippen molar-refractivity contribution in [1.82, 2.24) is 0 Å². The van der Waals surface area contributed by atoms with Crippen LogP contribution in [0.1, 0.15) is 5.56 Å². The van der Waals surface area contributed by atoms with E-state index < -0.39 is 9.93 Å². The molecule has 0 bridgehead atoms. The Balaban J connectivity index is 2.22. The SMILES string of the molecule is C[S+](C)(=O)Cc1ccc(-c2ccccc2)cc1. The highest BCUT2D eigenvalue weighted by Crippen LogP contribution is 2.20. The monoisotopic (exact) mass is 245 g/mol. The fourth-order valence-electron chi connectivity index (χ4n) is 1.83. The second-order valence-corrected chi connectivity index (χ2v) is 7.81. The smallest absolute Gasteiger partial charge is 0.106 e. The highest BCUT2D eigenvalue weighted by Gasteiger charge is 2.13. The first kappa shape index (κ1) is 12.1. The second kappa shape index (κ2) is 4.84. The van der Waals surface area contributed by atoms with E-state index in [9.17, 15) is 4.21 Å². The van der Waals surface area contributed by atoms with Crippen molar-refractivity contribution in [3.63, 3.8) is 0 Å². The van der Waals surface area contributed by atoms with Crippen LogP contribution in [0.3, 0.4) is 0 Å². The van der Waals surface area contributed by atoms with Gasteiger partial charge in [-0.05, 0) is 11.1 Å². The van der Waals surface area contributed by atoms with Crippen molar-refractivity contribution in [2.24, 2.45) is 0 Å². The van der Waals surface area contributed by atoms with E-state index in [0.29, 0.717) is 5.75 Å². The highest BCUT2D eigenvalue weighted by atomic mass is 32.2. The van der Waals surface area contributed by atoms with Gasteiger partial charge in [0.15, 0.2) is 0 Å². The summed E-state index contributed by atoms with van der Waals surface area (Å²) in [7, 11) is -1.70. The molecule has 0 fully saturated rings. The van der Waals surface area contributed by atoms with Gasteiger partial charge in [0.25, 0.3) is 0 Å². The molecule has 0 saturated carbocycles.